The van der Waals surface area contributed by atoms with Crippen molar-refractivity contribution in [2.75, 3.05) is 0 Å². The van der Waals surface area contributed by atoms with Gasteiger partial charge in [0.1, 0.15) is 0 Å². The molecule has 1 N–H and O–H groups in total. The van der Waals surface area contributed by atoms with Crippen molar-refractivity contribution < 1.29 is 9.84 Å². The van der Waals surface area contributed by atoms with Crippen LogP contribution in [0, 0.1) is 6.08 Å². The molecule has 0 bridgehead atoms. The molecule has 0 amide bonds. The van der Waals surface area contributed by atoms with Crippen LogP contribution in [-0.4, -0.2) is 11.4 Å². The lowest BCUT2D eigenvalue weighted by Crippen LogP contribution is -2.07. The molecule has 1 radical (unpaired) electrons. The van der Waals surface area contributed by atoms with Crippen molar-refractivity contribution in [3.05, 3.63) is 24.0 Å². The molecule has 1 atom stereocenters. The summed E-state index contributed by atoms with van der Waals surface area (Å²) in [6, 6.07) is 0. The summed E-state index contributed by atoms with van der Waals surface area (Å²) in [5.41, 5.74) is 0.968. The van der Waals surface area contributed by atoms with Gasteiger partial charge in [-0.15, -0.1) is 0 Å². The lowest BCUT2D eigenvalue weighted by molar-refractivity contribution is -0.0206. The van der Waals surface area contributed by atoms with Crippen LogP contribution in [0.4, 0.5) is 0 Å². The molecule has 0 fully saturated rings. The van der Waals surface area contributed by atoms with Crippen molar-refractivity contribution in [1.29, 1.82) is 0 Å². The summed E-state index contributed by atoms with van der Waals surface area (Å²) in [5.74, 6) is 0. The van der Waals surface area contributed by atoms with E-state index in [0.717, 1.165) is 5.57 Å². The van der Waals surface area contributed by atoms with Crippen molar-refractivity contribution in [3.8, 4) is 0 Å². The van der Waals surface area contributed by atoms with Crippen molar-refractivity contribution in [3.63, 3.8) is 0 Å². The third-order valence-corrected chi connectivity index (χ3v) is 0.836. The van der Waals surface area contributed by atoms with E-state index >= 15 is 0 Å². The molecule has 0 aromatic carbocycles. The number of aliphatic hydroxyl groups is 1. The molecule has 0 aromatic heterocycles. The fourth-order valence-electron chi connectivity index (χ4n) is 0.448. The average molecular weight is 111 g/mol. The molecule has 1 unspecified atom stereocenters. The van der Waals surface area contributed by atoms with Crippen molar-refractivity contribution in [2.24, 2.45) is 0 Å². The highest BCUT2D eigenvalue weighted by Gasteiger charge is 2.00. The van der Waals surface area contributed by atoms with E-state index in [1.54, 1.807) is 6.08 Å². The molecule has 2 nitrogen and oxygen atoms in total. The molecule has 0 saturated heterocycles. The molecule has 0 saturated carbocycles. The molecule has 1 aliphatic rings. The van der Waals surface area contributed by atoms with Gasteiger partial charge in [-0.3, -0.25) is 0 Å². The van der Waals surface area contributed by atoms with Crippen LogP contribution in [0.3, 0.4) is 0 Å². The van der Waals surface area contributed by atoms with Gasteiger partial charge in [-0.1, -0.05) is 0 Å². The van der Waals surface area contributed by atoms with Crippen LogP contribution in [0.2, 0.25) is 0 Å². The Morgan fingerprint density at radius 1 is 1.88 bits per heavy atom. The van der Waals surface area contributed by atoms with E-state index in [9.17, 15) is 0 Å². The molecule has 43 valence electrons. The first-order chi connectivity index (χ1) is 3.79. The van der Waals surface area contributed by atoms with Crippen LogP contribution in [-0.2, 0) is 4.74 Å². The molecule has 8 heavy (non-hydrogen) atoms. The fourth-order valence-corrected chi connectivity index (χ4v) is 0.448. The maximum Gasteiger partial charge on any atom is 0.223 e. The van der Waals surface area contributed by atoms with Gasteiger partial charge in [0, 0.05) is 6.08 Å². The monoisotopic (exact) mass is 111 g/mol. The van der Waals surface area contributed by atoms with E-state index in [1.165, 1.54) is 6.26 Å². The fraction of sp³-hybridized carbons (Fsp3) is 0.333. The van der Waals surface area contributed by atoms with Crippen molar-refractivity contribution in [2.45, 2.75) is 13.2 Å². The number of rotatable bonds is 0. The smallest absolute Gasteiger partial charge is 0.223 e. The highest BCUT2D eigenvalue weighted by atomic mass is 16.6. The minimum absolute atomic E-state index is 0.862. The Labute approximate surface area is 48.1 Å². The Bertz CT molecular complexity index is 135. The third-order valence-electron chi connectivity index (χ3n) is 0.836. The number of ether oxygens (including phenoxy) is 1. The Morgan fingerprint density at radius 2 is 2.62 bits per heavy atom. The Morgan fingerprint density at radius 3 is 3.00 bits per heavy atom. The van der Waals surface area contributed by atoms with Crippen LogP contribution in [0.15, 0.2) is 17.9 Å². The zero-order valence-electron chi connectivity index (χ0n) is 4.59. The Kier molecular flexibility index (Phi) is 1.35. The molecule has 0 spiro atoms. The molecular formula is C6H7O2. The molecule has 1 heterocycles. The first-order valence-corrected chi connectivity index (χ1v) is 2.38. The summed E-state index contributed by atoms with van der Waals surface area (Å²) in [6.07, 6.45) is 4.90. The molecule has 0 aromatic rings. The second-order valence-corrected chi connectivity index (χ2v) is 1.66. The average Bonchev–Trinajstić information content (AvgIpc) is 1.77. The topological polar surface area (TPSA) is 29.5 Å². The minimum Gasteiger partial charge on any atom is -0.468 e. The van der Waals surface area contributed by atoms with E-state index in [1.807, 2.05) is 6.92 Å². The van der Waals surface area contributed by atoms with E-state index in [2.05, 4.69) is 10.8 Å². The number of allylic oxidation sites excluding steroid dienone is 2. The van der Waals surface area contributed by atoms with Crippen molar-refractivity contribution in [1.82, 2.24) is 0 Å². The lowest BCUT2D eigenvalue weighted by Gasteiger charge is -2.08. The summed E-state index contributed by atoms with van der Waals surface area (Å²) in [7, 11) is 0. The summed E-state index contributed by atoms with van der Waals surface area (Å²) in [5, 5.41) is 8.62. The summed E-state index contributed by atoms with van der Waals surface area (Å²) in [4.78, 5) is 0. The first kappa shape index (κ1) is 5.38. The van der Waals surface area contributed by atoms with Crippen LogP contribution in [0.25, 0.3) is 0 Å². The molecule has 2 heteroatoms. The third kappa shape index (κ3) is 1.10. The predicted molar refractivity (Wildman–Crippen MR) is 28.7 cm³/mol. The van der Waals surface area contributed by atoms with E-state index in [0.29, 0.717) is 0 Å². The SMILES string of the molecule is CC1=COC(O)[C]=C1. The molecular weight excluding hydrogens is 104 g/mol. The van der Waals surface area contributed by atoms with Gasteiger partial charge in [-0.2, -0.15) is 0 Å². The van der Waals surface area contributed by atoms with Crippen LogP contribution in [0.5, 0.6) is 0 Å². The van der Waals surface area contributed by atoms with Gasteiger partial charge in [-0.05, 0) is 18.6 Å². The van der Waals surface area contributed by atoms with E-state index < -0.39 is 6.29 Å². The summed E-state index contributed by atoms with van der Waals surface area (Å²) < 4.78 is 4.64. The second kappa shape index (κ2) is 2.01. The quantitative estimate of drug-likeness (QED) is 0.496. The number of hydrogen-bond acceptors (Lipinski definition) is 2. The van der Waals surface area contributed by atoms with Gasteiger partial charge in [-0.25, -0.2) is 0 Å². The number of aliphatic hydroxyl groups excluding tert-OH is 1. The largest absolute Gasteiger partial charge is 0.468 e. The van der Waals surface area contributed by atoms with Gasteiger partial charge in [0.15, 0.2) is 0 Å². The Hall–Kier alpha value is -0.760. The maximum absolute atomic E-state index is 8.62. The molecule has 1 aliphatic heterocycles. The Balaban J connectivity index is 2.58. The normalized spacial score (nSPS) is 26.8. The number of hydrogen-bond donors (Lipinski definition) is 1. The highest BCUT2D eigenvalue weighted by Crippen LogP contribution is 2.04. The standard InChI is InChI=1S/C6H7O2/c1-5-2-3-6(7)8-4-5/h2,4,6-7H,1H3. The first-order valence-electron chi connectivity index (χ1n) is 2.38. The highest BCUT2D eigenvalue weighted by molar-refractivity contribution is 5.13. The van der Waals surface area contributed by atoms with Crippen LogP contribution >= 0.6 is 0 Å². The van der Waals surface area contributed by atoms with Gasteiger partial charge < -0.3 is 9.84 Å². The van der Waals surface area contributed by atoms with Gasteiger partial charge in [0.05, 0.1) is 6.26 Å². The predicted octanol–water partition coefficient (Wildman–Crippen LogP) is 0.598. The van der Waals surface area contributed by atoms with Gasteiger partial charge in [0.2, 0.25) is 6.29 Å². The molecule has 1 rings (SSSR count). The zero-order valence-corrected chi connectivity index (χ0v) is 4.59. The summed E-state index contributed by atoms with van der Waals surface area (Å²) >= 11 is 0. The second-order valence-electron chi connectivity index (χ2n) is 1.66. The van der Waals surface area contributed by atoms with Crippen LogP contribution in [0.1, 0.15) is 6.92 Å². The van der Waals surface area contributed by atoms with Gasteiger partial charge >= 0.3 is 0 Å². The molecule has 0 aliphatic carbocycles. The van der Waals surface area contributed by atoms with Crippen molar-refractivity contribution >= 4 is 0 Å². The maximum atomic E-state index is 8.62. The zero-order chi connectivity index (χ0) is 5.98. The van der Waals surface area contributed by atoms with E-state index in [-0.39, 0.29) is 0 Å². The van der Waals surface area contributed by atoms with Gasteiger partial charge in [0.25, 0.3) is 0 Å². The minimum atomic E-state index is -0.862. The summed E-state index contributed by atoms with van der Waals surface area (Å²) in [6.45, 7) is 1.87. The lowest BCUT2D eigenvalue weighted by atomic mass is 10.3. The van der Waals surface area contributed by atoms with E-state index in [4.69, 9.17) is 5.11 Å². The van der Waals surface area contributed by atoms with Crippen LogP contribution < -0.4 is 0 Å².